The van der Waals surface area contributed by atoms with Crippen LogP contribution in [0, 0.1) is 0 Å². The van der Waals surface area contributed by atoms with Crippen molar-refractivity contribution in [3.05, 3.63) is 11.9 Å². The maximum absolute atomic E-state index is 12.4. The van der Waals surface area contributed by atoms with Crippen LogP contribution in [-0.2, 0) is 9.53 Å². The van der Waals surface area contributed by atoms with E-state index in [-0.39, 0.29) is 30.0 Å². The van der Waals surface area contributed by atoms with Gasteiger partial charge in [-0.1, -0.05) is 6.92 Å². The number of piperazine rings is 1. The van der Waals surface area contributed by atoms with Crippen LogP contribution in [0.1, 0.15) is 52.0 Å². The highest BCUT2D eigenvalue weighted by Gasteiger charge is 2.52. The number of carbonyl (C=O) groups excluding carboxylic acids is 2. The van der Waals surface area contributed by atoms with E-state index in [1.54, 1.807) is 0 Å². The third-order valence-corrected chi connectivity index (χ3v) is 5.11. The van der Waals surface area contributed by atoms with Gasteiger partial charge in [0.2, 0.25) is 5.91 Å². The fraction of sp³-hybridized carbons (Fsp3) is 0.667. The predicted octanol–water partition coefficient (Wildman–Crippen LogP) is 2.12. The van der Waals surface area contributed by atoms with Crippen LogP contribution < -0.4 is 10.2 Å². The van der Waals surface area contributed by atoms with Crippen molar-refractivity contribution in [1.29, 1.82) is 0 Å². The first-order chi connectivity index (χ1) is 12.2. The highest BCUT2D eigenvalue weighted by atomic mass is 16.6. The first-order valence-electron chi connectivity index (χ1n) is 9.15. The van der Waals surface area contributed by atoms with E-state index in [0.29, 0.717) is 25.3 Å². The van der Waals surface area contributed by atoms with Gasteiger partial charge in [0.1, 0.15) is 23.6 Å². The Morgan fingerprint density at radius 1 is 1.27 bits per heavy atom. The Labute approximate surface area is 152 Å². The number of carbonyl (C=O) groups is 2. The Bertz CT molecular complexity index is 760. The Kier molecular flexibility index (Phi) is 3.82. The van der Waals surface area contributed by atoms with Crippen LogP contribution in [0.4, 0.5) is 16.4 Å². The molecular formula is C18H25N5O3. The highest BCUT2D eigenvalue weighted by molar-refractivity contribution is 5.94. The second kappa shape index (κ2) is 5.82. The van der Waals surface area contributed by atoms with Gasteiger partial charge in [0, 0.05) is 25.1 Å². The maximum Gasteiger partial charge on any atom is 0.410 e. The Hall–Kier alpha value is -2.38. The SMILES string of the molecule is C[C@@H]1CC(=O)Nc2ncnc(N3CCN(C(=O)OC(C)(C)C)C4CC43)c21. The molecule has 4 rings (SSSR count). The van der Waals surface area contributed by atoms with Gasteiger partial charge < -0.3 is 19.9 Å². The predicted molar refractivity (Wildman–Crippen MR) is 96.2 cm³/mol. The third-order valence-electron chi connectivity index (χ3n) is 5.11. The fourth-order valence-corrected chi connectivity index (χ4v) is 3.93. The van der Waals surface area contributed by atoms with Crippen molar-refractivity contribution in [1.82, 2.24) is 14.9 Å². The van der Waals surface area contributed by atoms with E-state index < -0.39 is 5.60 Å². The summed E-state index contributed by atoms with van der Waals surface area (Å²) in [5, 5.41) is 2.85. The molecule has 0 radical (unpaired) electrons. The lowest BCUT2D eigenvalue weighted by Crippen LogP contribution is -2.50. The van der Waals surface area contributed by atoms with E-state index in [9.17, 15) is 9.59 Å². The van der Waals surface area contributed by atoms with E-state index in [2.05, 4.69) is 20.2 Å². The zero-order valence-electron chi connectivity index (χ0n) is 15.7. The molecule has 0 aromatic carbocycles. The summed E-state index contributed by atoms with van der Waals surface area (Å²) in [5.41, 5.74) is 0.515. The van der Waals surface area contributed by atoms with E-state index in [0.717, 1.165) is 17.8 Å². The number of fused-ring (bicyclic) bond motifs is 2. The number of hydrogen-bond donors (Lipinski definition) is 1. The van der Waals surface area contributed by atoms with Gasteiger partial charge in [-0.15, -0.1) is 0 Å². The molecule has 1 N–H and O–H groups in total. The maximum atomic E-state index is 12.4. The summed E-state index contributed by atoms with van der Waals surface area (Å²) in [7, 11) is 0. The molecule has 8 nitrogen and oxygen atoms in total. The van der Waals surface area contributed by atoms with Gasteiger partial charge in [-0.05, 0) is 33.1 Å². The number of rotatable bonds is 1. The lowest BCUT2D eigenvalue weighted by molar-refractivity contribution is -0.116. The molecule has 1 aliphatic carbocycles. The standard InChI is InChI=1S/C18H25N5O3/c1-10-7-13(24)21-15-14(10)16(20-9-19-15)22-5-6-23(12-8-11(12)22)17(25)26-18(2,3)4/h9-12H,5-8H2,1-4H3,(H,19,20,21,24)/t10-,11?,12?/m1/s1. The molecule has 0 spiro atoms. The number of ether oxygens (including phenoxy) is 1. The quantitative estimate of drug-likeness (QED) is 0.826. The van der Waals surface area contributed by atoms with Gasteiger partial charge in [-0.2, -0.15) is 0 Å². The molecule has 140 valence electrons. The largest absolute Gasteiger partial charge is 0.444 e. The summed E-state index contributed by atoms with van der Waals surface area (Å²) in [6, 6.07) is 0.415. The molecule has 0 bridgehead atoms. The van der Waals surface area contributed by atoms with E-state index in [1.165, 1.54) is 6.33 Å². The monoisotopic (exact) mass is 359 g/mol. The van der Waals surface area contributed by atoms with Gasteiger partial charge >= 0.3 is 6.09 Å². The van der Waals surface area contributed by atoms with Crippen LogP contribution in [0.5, 0.6) is 0 Å². The zero-order chi connectivity index (χ0) is 18.6. The second-order valence-electron chi connectivity index (χ2n) is 8.35. The molecule has 3 heterocycles. The summed E-state index contributed by atoms with van der Waals surface area (Å²) in [5.74, 6) is 1.58. The van der Waals surface area contributed by atoms with Crippen LogP contribution in [-0.4, -0.2) is 57.6 Å². The van der Waals surface area contributed by atoms with Crippen molar-refractivity contribution >= 4 is 23.6 Å². The van der Waals surface area contributed by atoms with Crippen molar-refractivity contribution in [2.24, 2.45) is 0 Å². The second-order valence-corrected chi connectivity index (χ2v) is 8.35. The molecular weight excluding hydrogens is 334 g/mol. The third kappa shape index (κ3) is 2.97. The summed E-state index contributed by atoms with van der Waals surface area (Å²) >= 11 is 0. The normalized spacial score (nSPS) is 27.4. The Morgan fingerprint density at radius 2 is 2.04 bits per heavy atom. The molecule has 26 heavy (non-hydrogen) atoms. The smallest absolute Gasteiger partial charge is 0.410 e. The minimum Gasteiger partial charge on any atom is -0.444 e. The van der Waals surface area contributed by atoms with Crippen molar-refractivity contribution in [3.63, 3.8) is 0 Å². The molecule has 2 aliphatic heterocycles. The van der Waals surface area contributed by atoms with Crippen LogP contribution in [0.25, 0.3) is 0 Å². The molecule has 2 fully saturated rings. The zero-order valence-corrected chi connectivity index (χ0v) is 15.7. The molecule has 1 saturated carbocycles. The van der Waals surface area contributed by atoms with Gasteiger partial charge in [-0.25, -0.2) is 14.8 Å². The van der Waals surface area contributed by atoms with E-state index >= 15 is 0 Å². The highest BCUT2D eigenvalue weighted by Crippen LogP contribution is 2.44. The van der Waals surface area contributed by atoms with Crippen LogP contribution in [0.15, 0.2) is 6.33 Å². The average Bonchev–Trinajstić information content (AvgIpc) is 3.31. The van der Waals surface area contributed by atoms with Gasteiger partial charge in [0.15, 0.2) is 0 Å². The van der Waals surface area contributed by atoms with E-state index in [1.807, 2.05) is 32.6 Å². The molecule has 2 unspecified atom stereocenters. The fourth-order valence-electron chi connectivity index (χ4n) is 3.93. The first-order valence-corrected chi connectivity index (χ1v) is 9.15. The summed E-state index contributed by atoms with van der Waals surface area (Å²) in [6.45, 7) is 8.99. The summed E-state index contributed by atoms with van der Waals surface area (Å²) in [4.78, 5) is 37.1. The summed E-state index contributed by atoms with van der Waals surface area (Å²) in [6.07, 6.45) is 2.62. The Morgan fingerprint density at radius 3 is 2.77 bits per heavy atom. The van der Waals surface area contributed by atoms with Crippen LogP contribution in [0.3, 0.4) is 0 Å². The van der Waals surface area contributed by atoms with Crippen molar-refractivity contribution in [3.8, 4) is 0 Å². The molecule has 1 aromatic heterocycles. The number of amides is 2. The molecule has 3 aliphatic rings. The molecule has 1 aromatic rings. The van der Waals surface area contributed by atoms with E-state index in [4.69, 9.17) is 4.74 Å². The van der Waals surface area contributed by atoms with Crippen molar-refractivity contribution < 1.29 is 14.3 Å². The average molecular weight is 359 g/mol. The number of nitrogens with zero attached hydrogens (tertiary/aromatic N) is 4. The van der Waals surface area contributed by atoms with Crippen molar-refractivity contribution in [2.75, 3.05) is 23.3 Å². The van der Waals surface area contributed by atoms with Crippen molar-refractivity contribution in [2.45, 2.75) is 64.1 Å². The van der Waals surface area contributed by atoms with Crippen LogP contribution >= 0.6 is 0 Å². The first kappa shape index (κ1) is 17.1. The number of nitrogens with one attached hydrogen (secondary N) is 1. The molecule has 1 saturated heterocycles. The minimum atomic E-state index is -0.488. The Balaban J connectivity index is 1.54. The summed E-state index contributed by atoms with van der Waals surface area (Å²) < 4.78 is 5.53. The number of aromatic nitrogens is 2. The van der Waals surface area contributed by atoms with Gasteiger partial charge in [0.25, 0.3) is 0 Å². The minimum absolute atomic E-state index is 0.00584. The lowest BCUT2D eigenvalue weighted by Gasteiger charge is -2.37. The van der Waals surface area contributed by atoms with Crippen LogP contribution in [0.2, 0.25) is 0 Å². The molecule has 2 amide bonds. The molecule has 3 atom stereocenters. The number of anilines is 2. The van der Waals surface area contributed by atoms with Gasteiger partial charge in [0.05, 0.1) is 12.1 Å². The topological polar surface area (TPSA) is 87.7 Å². The lowest BCUT2D eigenvalue weighted by atomic mass is 9.94. The molecule has 8 heteroatoms. The van der Waals surface area contributed by atoms with Gasteiger partial charge in [-0.3, -0.25) is 4.79 Å². The number of hydrogen-bond acceptors (Lipinski definition) is 6.